The third-order valence-electron chi connectivity index (χ3n) is 3.77. The molecule has 0 radical (unpaired) electrons. The lowest BCUT2D eigenvalue weighted by Crippen LogP contribution is -2.04. The van der Waals surface area contributed by atoms with Crippen molar-refractivity contribution in [3.63, 3.8) is 0 Å². The topological polar surface area (TPSA) is 52.8 Å². The largest absolute Gasteiger partial charge is 0.493 e. The van der Waals surface area contributed by atoms with Gasteiger partial charge in [-0.3, -0.25) is 0 Å². The first-order valence-corrected chi connectivity index (χ1v) is 7.91. The van der Waals surface area contributed by atoms with Crippen LogP contribution in [0.5, 0.6) is 5.75 Å². The summed E-state index contributed by atoms with van der Waals surface area (Å²) in [5.41, 5.74) is 1.18. The van der Waals surface area contributed by atoms with E-state index in [0.29, 0.717) is 23.4 Å². The van der Waals surface area contributed by atoms with Crippen molar-refractivity contribution in [2.75, 3.05) is 7.11 Å². The van der Waals surface area contributed by atoms with Crippen molar-refractivity contribution < 1.29 is 17.9 Å². The van der Waals surface area contributed by atoms with E-state index in [4.69, 9.17) is 16.3 Å². The van der Waals surface area contributed by atoms with Crippen molar-refractivity contribution in [3.8, 4) is 17.1 Å². The zero-order valence-corrected chi connectivity index (χ0v) is 14.6. The number of rotatable bonds is 4. The van der Waals surface area contributed by atoms with Gasteiger partial charge in [0.2, 0.25) is 5.28 Å². The standard InChI is InChI=1S/C17H14ClF3N4O/c1-25-9-14(17(19,20)21)24-15(25)11-5-3-10(4-6-11)7-12-13(26-2)8-22-16(18)23-12/h3-6,8-9H,7H2,1-2H3. The quantitative estimate of drug-likeness (QED) is 0.636. The van der Waals surface area contributed by atoms with Gasteiger partial charge in [0.1, 0.15) is 5.82 Å². The lowest BCUT2D eigenvalue weighted by molar-refractivity contribution is -0.140. The summed E-state index contributed by atoms with van der Waals surface area (Å²) >= 11 is 5.82. The normalized spacial score (nSPS) is 11.6. The van der Waals surface area contributed by atoms with Crippen LogP contribution in [0.15, 0.2) is 36.7 Å². The molecule has 0 spiro atoms. The van der Waals surface area contributed by atoms with Crippen LogP contribution in [0.1, 0.15) is 17.0 Å². The Kier molecular flexibility index (Phi) is 4.86. The minimum atomic E-state index is -4.47. The Balaban J connectivity index is 1.86. The number of halogens is 4. The minimum Gasteiger partial charge on any atom is -0.493 e. The number of alkyl halides is 3. The molecule has 0 atom stereocenters. The van der Waals surface area contributed by atoms with E-state index in [1.165, 1.54) is 24.9 Å². The summed E-state index contributed by atoms with van der Waals surface area (Å²) in [5.74, 6) is 0.754. The molecule has 26 heavy (non-hydrogen) atoms. The van der Waals surface area contributed by atoms with Gasteiger partial charge in [0.05, 0.1) is 19.0 Å². The SMILES string of the molecule is COc1cnc(Cl)nc1Cc1ccc(-c2nc(C(F)(F)F)cn2C)cc1. The van der Waals surface area contributed by atoms with Gasteiger partial charge in [0, 0.05) is 25.2 Å². The first-order chi connectivity index (χ1) is 12.3. The Morgan fingerprint density at radius 1 is 1.15 bits per heavy atom. The third kappa shape index (κ3) is 3.80. The summed E-state index contributed by atoms with van der Waals surface area (Å²) in [5, 5.41) is 0.116. The number of imidazole rings is 1. The van der Waals surface area contributed by atoms with E-state index in [-0.39, 0.29) is 11.1 Å². The second-order valence-corrected chi connectivity index (χ2v) is 5.92. The van der Waals surface area contributed by atoms with Crippen LogP contribution in [0.25, 0.3) is 11.4 Å². The average molecular weight is 383 g/mol. The minimum absolute atomic E-state index is 0.116. The molecule has 136 valence electrons. The molecule has 0 unspecified atom stereocenters. The second kappa shape index (κ2) is 6.95. The van der Waals surface area contributed by atoms with Crippen LogP contribution in [0, 0.1) is 0 Å². The first kappa shape index (κ1) is 18.2. The van der Waals surface area contributed by atoms with Gasteiger partial charge in [0.25, 0.3) is 0 Å². The van der Waals surface area contributed by atoms with Crippen LogP contribution < -0.4 is 4.74 Å². The molecule has 0 N–H and O–H groups in total. The average Bonchev–Trinajstić information content (AvgIpc) is 2.98. The van der Waals surface area contributed by atoms with Crippen molar-refractivity contribution in [2.24, 2.45) is 7.05 Å². The number of ether oxygens (including phenoxy) is 1. The molecular weight excluding hydrogens is 369 g/mol. The fraction of sp³-hybridized carbons (Fsp3) is 0.235. The highest BCUT2D eigenvalue weighted by molar-refractivity contribution is 6.28. The smallest absolute Gasteiger partial charge is 0.434 e. The van der Waals surface area contributed by atoms with Crippen LogP contribution in [-0.4, -0.2) is 26.6 Å². The number of hydrogen-bond donors (Lipinski definition) is 0. The van der Waals surface area contributed by atoms with Crippen LogP contribution in [0.2, 0.25) is 5.28 Å². The highest BCUT2D eigenvalue weighted by Crippen LogP contribution is 2.30. The summed E-state index contributed by atoms with van der Waals surface area (Å²) in [6.45, 7) is 0. The van der Waals surface area contributed by atoms with Crippen molar-refractivity contribution >= 4 is 11.6 Å². The summed E-state index contributed by atoms with van der Waals surface area (Å²) < 4.78 is 45.0. The van der Waals surface area contributed by atoms with E-state index in [0.717, 1.165) is 11.8 Å². The van der Waals surface area contributed by atoms with Gasteiger partial charge in [-0.05, 0) is 17.2 Å². The van der Waals surface area contributed by atoms with Crippen LogP contribution in [0.3, 0.4) is 0 Å². The molecule has 0 aliphatic rings. The molecular formula is C17H14ClF3N4O. The molecule has 0 saturated heterocycles. The lowest BCUT2D eigenvalue weighted by atomic mass is 10.1. The molecule has 0 bridgehead atoms. The first-order valence-electron chi connectivity index (χ1n) is 7.53. The maximum atomic E-state index is 12.8. The maximum Gasteiger partial charge on any atom is 0.434 e. The number of benzene rings is 1. The highest BCUT2D eigenvalue weighted by atomic mass is 35.5. The monoisotopic (exact) mass is 382 g/mol. The summed E-state index contributed by atoms with van der Waals surface area (Å²) in [6.07, 6.45) is -1.57. The predicted octanol–water partition coefficient (Wildman–Crippen LogP) is 4.15. The molecule has 0 aliphatic carbocycles. The van der Waals surface area contributed by atoms with Gasteiger partial charge in [-0.15, -0.1) is 0 Å². The maximum absolute atomic E-state index is 12.8. The predicted molar refractivity (Wildman–Crippen MR) is 90.0 cm³/mol. The molecule has 1 aromatic carbocycles. The molecule has 0 amide bonds. The highest BCUT2D eigenvalue weighted by Gasteiger charge is 2.34. The van der Waals surface area contributed by atoms with Crippen molar-refractivity contribution in [3.05, 3.63) is 58.9 Å². The molecule has 2 aromatic heterocycles. The van der Waals surface area contributed by atoms with Gasteiger partial charge >= 0.3 is 6.18 Å². The summed E-state index contributed by atoms with van der Waals surface area (Å²) in [6, 6.07) is 7.03. The molecule has 3 rings (SSSR count). The van der Waals surface area contributed by atoms with Crippen molar-refractivity contribution in [1.29, 1.82) is 0 Å². The number of methoxy groups -OCH3 is 1. The fourth-order valence-corrected chi connectivity index (χ4v) is 2.67. The van der Waals surface area contributed by atoms with Gasteiger partial charge in [-0.25, -0.2) is 15.0 Å². The third-order valence-corrected chi connectivity index (χ3v) is 3.95. The number of hydrogen-bond acceptors (Lipinski definition) is 4. The number of aromatic nitrogens is 4. The molecule has 2 heterocycles. The van der Waals surface area contributed by atoms with Gasteiger partial charge in [-0.2, -0.15) is 13.2 Å². The zero-order chi connectivity index (χ0) is 18.9. The molecule has 0 fully saturated rings. The molecule has 9 heteroatoms. The van der Waals surface area contributed by atoms with E-state index in [1.54, 1.807) is 24.3 Å². The Labute approximate surface area is 152 Å². The summed E-state index contributed by atoms with van der Waals surface area (Å²) in [4.78, 5) is 11.7. The van der Waals surface area contributed by atoms with Gasteiger partial charge in [-0.1, -0.05) is 24.3 Å². The van der Waals surface area contributed by atoms with E-state index >= 15 is 0 Å². The molecule has 5 nitrogen and oxygen atoms in total. The number of nitrogens with zero attached hydrogens (tertiary/aromatic N) is 4. The lowest BCUT2D eigenvalue weighted by Gasteiger charge is -2.08. The fourth-order valence-electron chi connectivity index (χ4n) is 2.52. The number of aryl methyl sites for hydroxylation is 1. The van der Waals surface area contributed by atoms with Crippen molar-refractivity contribution in [2.45, 2.75) is 12.6 Å². The van der Waals surface area contributed by atoms with E-state index in [1.807, 2.05) is 0 Å². The van der Waals surface area contributed by atoms with Crippen LogP contribution >= 0.6 is 11.6 Å². The Hall–Kier alpha value is -2.61. The Morgan fingerprint density at radius 2 is 1.85 bits per heavy atom. The van der Waals surface area contributed by atoms with Crippen LogP contribution in [-0.2, 0) is 19.6 Å². The van der Waals surface area contributed by atoms with Gasteiger partial charge in [0.15, 0.2) is 11.4 Å². The Morgan fingerprint density at radius 3 is 2.42 bits per heavy atom. The van der Waals surface area contributed by atoms with E-state index < -0.39 is 11.9 Å². The second-order valence-electron chi connectivity index (χ2n) is 5.59. The molecule has 3 aromatic rings. The van der Waals surface area contributed by atoms with E-state index in [2.05, 4.69) is 15.0 Å². The Bertz CT molecular complexity index is 923. The summed E-state index contributed by atoms with van der Waals surface area (Å²) in [7, 11) is 3.04. The van der Waals surface area contributed by atoms with Crippen LogP contribution in [0.4, 0.5) is 13.2 Å². The molecule has 0 saturated carbocycles. The van der Waals surface area contributed by atoms with Gasteiger partial charge < -0.3 is 9.30 Å². The zero-order valence-electron chi connectivity index (χ0n) is 13.9. The molecule has 0 aliphatic heterocycles. The van der Waals surface area contributed by atoms with Crippen molar-refractivity contribution in [1.82, 2.24) is 19.5 Å². The van der Waals surface area contributed by atoms with E-state index in [9.17, 15) is 13.2 Å².